The minimum Gasteiger partial charge on any atom is -0.467 e. The van der Waals surface area contributed by atoms with Crippen molar-refractivity contribution >= 4 is 5.97 Å². The van der Waals surface area contributed by atoms with Crippen molar-refractivity contribution in [2.45, 2.75) is 13.8 Å². The smallest absolute Gasteiger partial charge is 0.341 e. The SMILES string of the molecule is CCOC(=O)c1ccc(-n2cc(C#N)c(-c3cccc(F)c3C)c2)cc1OCOC. The lowest BCUT2D eigenvalue weighted by molar-refractivity contribution is 0.0438. The molecular formula is C23H21FN2O4. The van der Waals surface area contributed by atoms with Crippen LogP contribution in [0.1, 0.15) is 28.4 Å². The molecular weight excluding hydrogens is 387 g/mol. The van der Waals surface area contributed by atoms with Crippen LogP contribution in [0.3, 0.4) is 0 Å². The summed E-state index contributed by atoms with van der Waals surface area (Å²) >= 11 is 0. The van der Waals surface area contributed by atoms with Gasteiger partial charge in [0.1, 0.15) is 23.2 Å². The van der Waals surface area contributed by atoms with Crippen molar-refractivity contribution in [3.8, 4) is 28.6 Å². The maximum Gasteiger partial charge on any atom is 0.341 e. The van der Waals surface area contributed by atoms with E-state index >= 15 is 0 Å². The Morgan fingerprint density at radius 3 is 2.70 bits per heavy atom. The molecule has 0 bridgehead atoms. The molecule has 30 heavy (non-hydrogen) atoms. The van der Waals surface area contributed by atoms with E-state index in [9.17, 15) is 14.4 Å². The largest absolute Gasteiger partial charge is 0.467 e. The second kappa shape index (κ2) is 9.25. The molecule has 0 saturated carbocycles. The Morgan fingerprint density at radius 1 is 1.20 bits per heavy atom. The Kier molecular flexibility index (Phi) is 6.50. The van der Waals surface area contributed by atoms with Crippen molar-refractivity contribution in [1.82, 2.24) is 4.57 Å². The Labute approximate surface area is 174 Å². The molecule has 1 heterocycles. The molecule has 0 radical (unpaired) electrons. The van der Waals surface area contributed by atoms with Crippen LogP contribution in [0.5, 0.6) is 5.75 Å². The minimum atomic E-state index is -0.503. The number of halogens is 1. The Morgan fingerprint density at radius 2 is 2.00 bits per heavy atom. The van der Waals surface area contributed by atoms with E-state index in [4.69, 9.17) is 14.2 Å². The first-order chi connectivity index (χ1) is 14.5. The topological polar surface area (TPSA) is 73.5 Å². The highest BCUT2D eigenvalue weighted by molar-refractivity contribution is 5.93. The summed E-state index contributed by atoms with van der Waals surface area (Å²) in [5.74, 6) is -0.543. The molecule has 1 aromatic heterocycles. The lowest BCUT2D eigenvalue weighted by atomic mass is 10.00. The molecule has 3 aromatic rings. The molecule has 2 aromatic carbocycles. The van der Waals surface area contributed by atoms with Crippen molar-refractivity contribution < 1.29 is 23.4 Å². The van der Waals surface area contributed by atoms with Crippen LogP contribution < -0.4 is 4.74 Å². The fraction of sp³-hybridized carbons (Fsp3) is 0.217. The van der Waals surface area contributed by atoms with Gasteiger partial charge in [-0.15, -0.1) is 0 Å². The molecule has 0 fully saturated rings. The number of hydrogen-bond acceptors (Lipinski definition) is 5. The number of aromatic nitrogens is 1. The third kappa shape index (κ3) is 4.19. The fourth-order valence-electron chi connectivity index (χ4n) is 3.10. The van der Waals surface area contributed by atoms with Gasteiger partial charge in [0.2, 0.25) is 0 Å². The molecule has 7 heteroatoms. The summed E-state index contributed by atoms with van der Waals surface area (Å²) in [5.41, 5.74) is 3.05. The van der Waals surface area contributed by atoms with E-state index in [1.54, 1.807) is 61.1 Å². The van der Waals surface area contributed by atoms with Gasteiger partial charge in [0.25, 0.3) is 0 Å². The van der Waals surface area contributed by atoms with Crippen LogP contribution in [0.15, 0.2) is 48.8 Å². The van der Waals surface area contributed by atoms with Crippen molar-refractivity contribution in [1.29, 1.82) is 5.26 Å². The van der Waals surface area contributed by atoms with Gasteiger partial charge >= 0.3 is 5.97 Å². The van der Waals surface area contributed by atoms with Gasteiger partial charge in [0, 0.05) is 36.8 Å². The van der Waals surface area contributed by atoms with Crippen LogP contribution in [0.2, 0.25) is 0 Å². The van der Waals surface area contributed by atoms with Gasteiger partial charge in [-0.05, 0) is 43.2 Å². The quantitative estimate of drug-likeness (QED) is 0.421. The third-order valence-corrected chi connectivity index (χ3v) is 4.60. The van der Waals surface area contributed by atoms with Crippen LogP contribution in [-0.2, 0) is 9.47 Å². The zero-order chi connectivity index (χ0) is 21.7. The van der Waals surface area contributed by atoms with E-state index in [0.29, 0.717) is 33.7 Å². The molecule has 3 rings (SSSR count). The lowest BCUT2D eigenvalue weighted by Gasteiger charge is -2.12. The summed E-state index contributed by atoms with van der Waals surface area (Å²) in [7, 11) is 1.48. The number of esters is 1. The van der Waals surface area contributed by atoms with Gasteiger partial charge in [-0.3, -0.25) is 0 Å². The predicted octanol–water partition coefficient (Wildman–Crippen LogP) is 4.62. The first-order valence-corrected chi connectivity index (χ1v) is 9.31. The highest BCUT2D eigenvalue weighted by atomic mass is 19.1. The van der Waals surface area contributed by atoms with Crippen LogP contribution >= 0.6 is 0 Å². The average molecular weight is 408 g/mol. The van der Waals surface area contributed by atoms with E-state index in [1.165, 1.54) is 13.2 Å². The van der Waals surface area contributed by atoms with Gasteiger partial charge in [-0.1, -0.05) is 12.1 Å². The molecule has 0 aliphatic heterocycles. The summed E-state index contributed by atoms with van der Waals surface area (Å²) < 4.78 is 31.3. The van der Waals surface area contributed by atoms with Crippen LogP contribution in [-0.4, -0.2) is 31.0 Å². The lowest BCUT2D eigenvalue weighted by Crippen LogP contribution is -2.10. The summed E-state index contributed by atoms with van der Waals surface area (Å²) in [6.07, 6.45) is 3.40. The second-order valence-corrected chi connectivity index (χ2v) is 6.47. The van der Waals surface area contributed by atoms with Crippen LogP contribution in [0.25, 0.3) is 16.8 Å². The average Bonchev–Trinajstić information content (AvgIpc) is 3.18. The maximum atomic E-state index is 14.0. The van der Waals surface area contributed by atoms with E-state index in [0.717, 1.165) is 0 Å². The molecule has 0 aliphatic carbocycles. The molecule has 6 nitrogen and oxygen atoms in total. The summed E-state index contributed by atoms with van der Waals surface area (Å²) in [6.45, 7) is 3.59. The highest BCUT2D eigenvalue weighted by Gasteiger charge is 2.17. The Hall–Kier alpha value is -3.63. The highest BCUT2D eigenvalue weighted by Crippen LogP contribution is 2.31. The molecule has 0 atom stereocenters. The zero-order valence-corrected chi connectivity index (χ0v) is 16.9. The minimum absolute atomic E-state index is 0.0429. The molecule has 0 N–H and O–H groups in total. The van der Waals surface area contributed by atoms with Gasteiger partial charge in [-0.2, -0.15) is 5.26 Å². The maximum absolute atomic E-state index is 14.0. The molecule has 0 amide bonds. The molecule has 154 valence electrons. The first kappa shape index (κ1) is 21.1. The van der Waals surface area contributed by atoms with E-state index in [2.05, 4.69) is 6.07 Å². The number of nitrogens with zero attached hydrogens (tertiary/aromatic N) is 2. The third-order valence-electron chi connectivity index (χ3n) is 4.60. The number of hydrogen-bond donors (Lipinski definition) is 0. The number of rotatable bonds is 7. The number of carbonyl (C=O) groups is 1. The Bertz CT molecular complexity index is 1110. The van der Waals surface area contributed by atoms with Gasteiger partial charge < -0.3 is 18.8 Å². The number of ether oxygens (including phenoxy) is 3. The van der Waals surface area contributed by atoms with Gasteiger partial charge in [0.15, 0.2) is 6.79 Å². The van der Waals surface area contributed by atoms with E-state index < -0.39 is 5.97 Å². The van der Waals surface area contributed by atoms with Crippen LogP contribution in [0.4, 0.5) is 4.39 Å². The van der Waals surface area contributed by atoms with E-state index in [1.807, 2.05) is 0 Å². The van der Waals surface area contributed by atoms with Gasteiger partial charge in [0.05, 0.1) is 12.2 Å². The zero-order valence-electron chi connectivity index (χ0n) is 16.9. The summed E-state index contributed by atoms with van der Waals surface area (Å²) in [6, 6.07) is 11.9. The second-order valence-electron chi connectivity index (χ2n) is 6.47. The molecule has 0 saturated heterocycles. The number of methoxy groups -OCH3 is 1. The van der Waals surface area contributed by atoms with Crippen molar-refractivity contribution in [3.05, 3.63) is 71.3 Å². The number of carbonyl (C=O) groups excluding carboxylic acids is 1. The summed E-state index contributed by atoms with van der Waals surface area (Å²) in [5, 5.41) is 9.59. The van der Waals surface area contributed by atoms with Crippen molar-refractivity contribution in [3.63, 3.8) is 0 Å². The van der Waals surface area contributed by atoms with Crippen LogP contribution in [0, 0.1) is 24.1 Å². The first-order valence-electron chi connectivity index (χ1n) is 9.31. The summed E-state index contributed by atoms with van der Waals surface area (Å²) in [4.78, 5) is 12.2. The molecule has 0 aliphatic rings. The molecule has 0 spiro atoms. The Balaban J connectivity index is 2.07. The van der Waals surface area contributed by atoms with E-state index in [-0.39, 0.29) is 24.8 Å². The fourth-order valence-corrected chi connectivity index (χ4v) is 3.10. The number of benzene rings is 2. The normalized spacial score (nSPS) is 10.5. The standard InChI is InChI=1S/C23H21FN2O4/c1-4-29-23(27)19-9-8-17(10-22(19)30-14-28-3)26-12-16(11-25)20(13-26)18-6-5-7-21(24)15(18)2/h5-10,12-13H,4,14H2,1-3H3. The molecule has 0 unspecified atom stereocenters. The monoisotopic (exact) mass is 408 g/mol. The van der Waals surface area contributed by atoms with Crippen molar-refractivity contribution in [2.75, 3.05) is 20.5 Å². The van der Waals surface area contributed by atoms with Gasteiger partial charge in [-0.25, -0.2) is 9.18 Å². The van der Waals surface area contributed by atoms with Crippen molar-refractivity contribution in [2.24, 2.45) is 0 Å². The number of nitriles is 1. The predicted molar refractivity (Wildman–Crippen MR) is 109 cm³/mol.